The zero-order valence-electron chi connectivity index (χ0n) is 14.3. The van der Waals surface area contributed by atoms with Gasteiger partial charge in [-0.05, 0) is 48.6 Å². The minimum atomic E-state index is -3.44. The molecule has 1 saturated carbocycles. The number of carbonyl (C=O) groups is 1. The average Bonchev–Trinajstić information content (AvgIpc) is 3.45. The number of hydrogen-bond donors (Lipinski definition) is 2. The zero-order chi connectivity index (χ0) is 17.9. The standard InChI is InChI=1S/C19H22N2O3S.ClH/c20-12-18(15-6-7-15)21-19(22)16-8-10-17(11-9-16)25(23,24)13-14-4-2-1-3-5-14;/h1-5,8-11,15,18H,6-7,12-13,20H2,(H,21,22);1H. The van der Waals surface area contributed by atoms with Crippen LogP contribution in [0.1, 0.15) is 28.8 Å². The van der Waals surface area contributed by atoms with Crippen LogP contribution in [-0.4, -0.2) is 26.9 Å². The molecular weight excluding hydrogens is 372 g/mol. The van der Waals surface area contributed by atoms with E-state index in [1.54, 1.807) is 24.3 Å². The summed E-state index contributed by atoms with van der Waals surface area (Å²) < 4.78 is 25.0. The summed E-state index contributed by atoms with van der Waals surface area (Å²) in [6.45, 7) is 0.417. The Balaban J connectivity index is 0.00000243. The third-order valence-corrected chi connectivity index (χ3v) is 6.14. The molecule has 3 N–H and O–H groups in total. The van der Waals surface area contributed by atoms with E-state index in [1.165, 1.54) is 12.1 Å². The molecule has 0 aliphatic heterocycles. The van der Waals surface area contributed by atoms with E-state index in [9.17, 15) is 13.2 Å². The van der Waals surface area contributed by atoms with Crippen molar-refractivity contribution >= 4 is 28.2 Å². The van der Waals surface area contributed by atoms with Gasteiger partial charge in [0.2, 0.25) is 0 Å². The van der Waals surface area contributed by atoms with Crippen molar-refractivity contribution < 1.29 is 13.2 Å². The Morgan fingerprint density at radius 2 is 1.69 bits per heavy atom. The summed E-state index contributed by atoms with van der Waals surface area (Å²) in [4.78, 5) is 12.5. The summed E-state index contributed by atoms with van der Waals surface area (Å²) >= 11 is 0. The Labute approximate surface area is 160 Å². The monoisotopic (exact) mass is 394 g/mol. The summed E-state index contributed by atoms with van der Waals surface area (Å²) in [5.41, 5.74) is 6.88. The number of carbonyl (C=O) groups excluding carboxylic acids is 1. The predicted octanol–water partition coefficient (Wildman–Crippen LogP) is 2.55. The van der Waals surface area contributed by atoms with Crippen molar-refractivity contribution in [3.05, 3.63) is 65.7 Å². The van der Waals surface area contributed by atoms with Crippen LogP contribution in [0.2, 0.25) is 0 Å². The van der Waals surface area contributed by atoms with Gasteiger partial charge in [-0.2, -0.15) is 0 Å². The number of nitrogens with one attached hydrogen (secondary N) is 1. The molecule has 2 aromatic carbocycles. The van der Waals surface area contributed by atoms with Gasteiger partial charge in [0.25, 0.3) is 5.91 Å². The van der Waals surface area contributed by atoms with Gasteiger partial charge in [-0.25, -0.2) is 8.42 Å². The van der Waals surface area contributed by atoms with Crippen LogP contribution in [0.3, 0.4) is 0 Å². The van der Waals surface area contributed by atoms with Crippen LogP contribution < -0.4 is 11.1 Å². The average molecular weight is 395 g/mol. The third kappa shape index (κ3) is 5.06. The van der Waals surface area contributed by atoms with E-state index < -0.39 is 9.84 Å². The maximum atomic E-state index is 12.5. The molecule has 3 rings (SSSR count). The quantitative estimate of drug-likeness (QED) is 0.755. The van der Waals surface area contributed by atoms with Crippen LogP contribution in [0, 0.1) is 5.92 Å². The fraction of sp³-hybridized carbons (Fsp3) is 0.316. The topological polar surface area (TPSA) is 89.3 Å². The number of halogens is 1. The number of rotatable bonds is 7. The molecule has 2 aromatic rings. The highest BCUT2D eigenvalue weighted by Gasteiger charge is 2.31. The molecule has 0 radical (unpaired) electrons. The second-order valence-electron chi connectivity index (χ2n) is 6.42. The highest BCUT2D eigenvalue weighted by atomic mass is 35.5. The molecule has 1 aliphatic carbocycles. The number of hydrogen-bond acceptors (Lipinski definition) is 4. The molecule has 1 aliphatic rings. The van der Waals surface area contributed by atoms with Crippen LogP contribution in [0.5, 0.6) is 0 Å². The molecule has 1 unspecified atom stereocenters. The van der Waals surface area contributed by atoms with Crippen molar-refractivity contribution in [3.8, 4) is 0 Å². The van der Waals surface area contributed by atoms with Crippen LogP contribution in [0.15, 0.2) is 59.5 Å². The molecule has 140 valence electrons. The third-order valence-electron chi connectivity index (χ3n) is 4.44. The van der Waals surface area contributed by atoms with E-state index in [1.807, 2.05) is 18.2 Å². The van der Waals surface area contributed by atoms with Gasteiger partial charge in [-0.1, -0.05) is 30.3 Å². The van der Waals surface area contributed by atoms with Crippen LogP contribution in [0.4, 0.5) is 0 Å². The first-order valence-corrected chi connectivity index (χ1v) is 10.0. The molecule has 1 amide bonds. The fourth-order valence-electron chi connectivity index (χ4n) is 2.81. The van der Waals surface area contributed by atoms with Crippen LogP contribution >= 0.6 is 12.4 Å². The second kappa shape index (κ2) is 8.66. The first-order chi connectivity index (χ1) is 12.0. The Kier molecular flexibility index (Phi) is 6.81. The largest absolute Gasteiger partial charge is 0.348 e. The summed E-state index contributed by atoms with van der Waals surface area (Å²) in [6, 6.07) is 15.1. The first kappa shape index (κ1) is 20.4. The lowest BCUT2D eigenvalue weighted by Crippen LogP contribution is -2.41. The zero-order valence-corrected chi connectivity index (χ0v) is 15.9. The van der Waals surface area contributed by atoms with E-state index in [0.29, 0.717) is 18.0 Å². The van der Waals surface area contributed by atoms with Gasteiger partial charge in [0.15, 0.2) is 9.84 Å². The number of sulfone groups is 1. The van der Waals surface area contributed by atoms with Gasteiger partial charge in [-0.3, -0.25) is 4.79 Å². The van der Waals surface area contributed by atoms with Gasteiger partial charge < -0.3 is 11.1 Å². The van der Waals surface area contributed by atoms with Crippen molar-refractivity contribution in [2.45, 2.75) is 29.5 Å². The minimum Gasteiger partial charge on any atom is -0.348 e. The molecule has 1 fully saturated rings. The van der Waals surface area contributed by atoms with Gasteiger partial charge in [0.05, 0.1) is 10.6 Å². The van der Waals surface area contributed by atoms with Crippen molar-refractivity contribution in [1.29, 1.82) is 0 Å². The summed E-state index contributed by atoms with van der Waals surface area (Å²) in [6.07, 6.45) is 2.19. The van der Waals surface area contributed by atoms with E-state index in [4.69, 9.17) is 5.73 Å². The molecular formula is C19H23ClN2O3S. The molecule has 0 spiro atoms. The summed E-state index contributed by atoms with van der Waals surface area (Å²) in [5.74, 6) is 0.199. The Morgan fingerprint density at radius 1 is 1.08 bits per heavy atom. The summed E-state index contributed by atoms with van der Waals surface area (Å²) in [5, 5.41) is 2.93. The number of benzene rings is 2. The van der Waals surface area contributed by atoms with Gasteiger partial charge in [0, 0.05) is 18.2 Å². The Bertz CT molecular complexity index is 835. The molecule has 0 aromatic heterocycles. The first-order valence-electron chi connectivity index (χ1n) is 8.37. The fourth-order valence-corrected chi connectivity index (χ4v) is 4.16. The molecule has 0 bridgehead atoms. The lowest BCUT2D eigenvalue weighted by molar-refractivity contribution is 0.0933. The molecule has 0 saturated heterocycles. The van der Waals surface area contributed by atoms with E-state index >= 15 is 0 Å². The van der Waals surface area contributed by atoms with Gasteiger partial charge in [-0.15, -0.1) is 12.4 Å². The van der Waals surface area contributed by atoms with Crippen molar-refractivity contribution in [2.75, 3.05) is 6.54 Å². The van der Waals surface area contributed by atoms with Crippen LogP contribution in [-0.2, 0) is 15.6 Å². The number of nitrogens with two attached hydrogens (primary N) is 1. The Hall–Kier alpha value is -1.89. The minimum absolute atomic E-state index is 0. The van der Waals surface area contributed by atoms with Gasteiger partial charge in [0.1, 0.15) is 0 Å². The predicted molar refractivity (Wildman–Crippen MR) is 104 cm³/mol. The van der Waals surface area contributed by atoms with E-state index in [-0.39, 0.29) is 35.0 Å². The molecule has 7 heteroatoms. The SMILES string of the molecule is Cl.NCC(NC(=O)c1ccc(S(=O)(=O)Cc2ccccc2)cc1)C1CC1. The highest BCUT2D eigenvalue weighted by molar-refractivity contribution is 7.90. The number of amides is 1. The maximum absolute atomic E-state index is 12.5. The van der Waals surface area contributed by atoms with Gasteiger partial charge >= 0.3 is 0 Å². The molecule has 1 atom stereocenters. The van der Waals surface area contributed by atoms with Crippen molar-refractivity contribution in [2.24, 2.45) is 11.7 Å². The normalized spacial score (nSPS) is 15.0. The van der Waals surface area contributed by atoms with Crippen molar-refractivity contribution in [3.63, 3.8) is 0 Å². The second-order valence-corrected chi connectivity index (χ2v) is 8.41. The van der Waals surface area contributed by atoms with E-state index in [2.05, 4.69) is 5.32 Å². The smallest absolute Gasteiger partial charge is 0.251 e. The molecule has 26 heavy (non-hydrogen) atoms. The maximum Gasteiger partial charge on any atom is 0.251 e. The summed E-state index contributed by atoms with van der Waals surface area (Å²) in [7, 11) is -3.44. The lowest BCUT2D eigenvalue weighted by atomic mass is 10.1. The Morgan fingerprint density at radius 3 is 2.23 bits per heavy atom. The van der Waals surface area contributed by atoms with E-state index in [0.717, 1.165) is 18.4 Å². The lowest BCUT2D eigenvalue weighted by Gasteiger charge is -2.16. The van der Waals surface area contributed by atoms with Crippen LogP contribution in [0.25, 0.3) is 0 Å². The van der Waals surface area contributed by atoms with Crippen molar-refractivity contribution in [1.82, 2.24) is 5.32 Å². The molecule has 5 nitrogen and oxygen atoms in total. The molecule has 0 heterocycles. The highest BCUT2D eigenvalue weighted by Crippen LogP contribution is 2.32.